The van der Waals surface area contributed by atoms with Gasteiger partial charge >= 0.3 is 0 Å². The average Bonchev–Trinajstić information content (AvgIpc) is 2.93. The number of hydrogen-bond acceptors (Lipinski definition) is 4. The van der Waals surface area contributed by atoms with E-state index >= 15 is 0 Å². The fraction of sp³-hybridized carbons (Fsp3) is 0.550. The topological polar surface area (TPSA) is 48.8 Å². The van der Waals surface area contributed by atoms with Crippen LogP contribution in [0, 0.1) is 0 Å². The van der Waals surface area contributed by atoms with Crippen LogP contribution in [0.1, 0.15) is 155 Å². The summed E-state index contributed by atoms with van der Waals surface area (Å²) in [5.74, 6) is 1.83. The molecule has 2 aromatic rings. The summed E-state index contributed by atoms with van der Waals surface area (Å²) in [6.45, 7) is 26.7. The Kier molecular flexibility index (Phi) is 13.1. The molecule has 44 heavy (non-hydrogen) atoms. The van der Waals surface area contributed by atoms with E-state index in [4.69, 9.17) is 9.98 Å². The number of nitrogens with zero attached hydrogens (tertiary/aromatic N) is 2. The lowest BCUT2D eigenvalue weighted by Crippen LogP contribution is -2.28. The molecule has 0 unspecified atom stereocenters. The van der Waals surface area contributed by atoms with E-state index in [0.717, 1.165) is 35.7 Å². The van der Waals surface area contributed by atoms with Gasteiger partial charge in [0.2, 0.25) is 0 Å². The quantitative estimate of drug-likeness (QED) is 0.239. The molecule has 2 N–H and O–H groups in total. The highest BCUT2D eigenvalue weighted by Crippen LogP contribution is 2.34. The second-order valence-corrected chi connectivity index (χ2v) is 14.1. The summed E-state index contributed by atoms with van der Waals surface area (Å²) < 4.78 is 0. The maximum absolute atomic E-state index is 5.23. The molecule has 1 aliphatic carbocycles. The van der Waals surface area contributed by atoms with Crippen molar-refractivity contribution in [1.29, 1.82) is 0 Å². The SMILES string of the molecule is CC(/C=C(/C)Nc1c(C(C)C)cccc1C(C)C)=N[C@@H]1CCCC[C@H]1N=C(C)/C=C(/C)Nc1c(C(C)C)cccc1C(C)C. The minimum Gasteiger partial charge on any atom is -0.359 e. The first-order chi connectivity index (χ1) is 20.8. The van der Waals surface area contributed by atoms with Crippen LogP contribution in [-0.2, 0) is 0 Å². The Morgan fingerprint density at radius 3 is 1.14 bits per heavy atom. The number of anilines is 2. The standard InChI is InChI=1S/C40H60N4/c1-25(2)33-17-15-18-34(26(3)4)39(33)43-31(11)23-29(9)41-37-21-13-14-22-38(37)42-30(10)24-32(12)44-40-35(27(5)6)19-16-20-36(40)28(7)8/h15-20,23-28,37-38,43-44H,13-14,21-22H2,1-12H3/b31-23-,32-24-,41-29?,42-30?/t37-,38-/m1/s1. The third-order valence-corrected chi connectivity index (χ3v) is 8.67. The van der Waals surface area contributed by atoms with Gasteiger partial charge in [-0.2, -0.15) is 0 Å². The molecule has 1 fully saturated rings. The number of para-hydroxylation sites is 2. The third kappa shape index (κ3) is 9.68. The molecule has 0 bridgehead atoms. The Labute approximate surface area is 269 Å². The molecule has 3 rings (SSSR count). The van der Waals surface area contributed by atoms with Crippen LogP contribution in [0.5, 0.6) is 0 Å². The van der Waals surface area contributed by atoms with Crippen molar-refractivity contribution in [1.82, 2.24) is 0 Å². The highest BCUT2D eigenvalue weighted by Gasteiger charge is 2.24. The van der Waals surface area contributed by atoms with Crippen LogP contribution in [0.15, 0.2) is 69.9 Å². The molecule has 0 aliphatic heterocycles. The van der Waals surface area contributed by atoms with E-state index in [0.29, 0.717) is 23.7 Å². The van der Waals surface area contributed by atoms with Crippen molar-refractivity contribution in [2.75, 3.05) is 10.6 Å². The summed E-state index contributed by atoms with van der Waals surface area (Å²) in [7, 11) is 0. The molecule has 0 radical (unpaired) electrons. The van der Waals surface area contributed by atoms with Gasteiger partial charge < -0.3 is 10.6 Å². The van der Waals surface area contributed by atoms with E-state index in [1.807, 2.05) is 0 Å². The van der Waals surface area contributed by atoms with Crippen molar-refractivity contribution >= 4 is 22.8 Å². The van der Waals surface area contributed by atoms with Gasteiger partial charge in [-0.25, -0.2) is 0 Å². The molecule has 1 saturated carbocycles. The fourth-order valence-corrected chi connectivity index (χ4v) is 6.47. The number of benzene rings is 2. The molecule has 0 amide bonds. The highest BCUT2D eigenvalue weighted by molar-refractivity contribution is 5.95. The minimum atomic E-state index is 0.216. The summed E-state index contributed by atoms with van der Waals surface area (Å²) in [5.41, 5.74) is 12.3. The second kappa shape index (κ2) is 16.3. The van der Waals surface area contributed by atoms with E-state index in [1.54, 1.807) is 0 Å². The molecule has 4 nitrogen and oxygen atoms in total. The van der Waals surface area contributed by atoms with Gasteiger partial charge in [0.05, 0.1) is 12.1 Å². The van der Waals surface area contributed by atoms with Crippen molar-refractivity contribution in [3.63, 3.8) is 0 Å². The largest absolute Gasteiger partial charge is 0.359 e. The maximum atomic E-state index is 5.23. The summed E-state index contributed by atoms with van der Waals surface area (Å²) >= 11 is 0. The van der Waals surface area contributed by atoms with E-state index in [9.17, 15) is 0 Å². The van der Waals surface area contributed by atoms with E-state index in [-0.39, 0.29) is 12.1 Å². The van der Waals surface area contributed by atoms with Gasteiger partial charge in [-0.15, -0.1) is 0 Å². The summed E-state index contributed by atoms with van der Waals surface area (Å²) in [5, 5.41) is 7.51. The molecule has 240 valence electrons. The number of rotatable bonds is 12. The van der Waals surface area contributed by atoms with Gasteiger partial charge in [-0.3, -0.25) is 9.98 Å². The first kappa shape index (κ1) is 35.3. The molecular formula is C40H60N4. The van der Waals surface area contributed by atoms with E-state index < -0.39 is 0 Å². The summed E-state index contributed by atoms with van der Waals surface area (Å²) in [6, 6.07) is 13.8. The van der Waals surface area contributed by atoms with Crippen molar-refractivity contribution < 1.29 is 0 Å². The first-order valence-electron chi connectivity index (χ1n) is 17.0. The van der Waals surface area contributed by atoms with E-state index in [1.165, 1.54) is 46.5 Å². The van der Waals surface area contributed by atoms with Crippen molar-refractivity contribution in [3.05, 3.63) is 82.2 Å². The Morgan fingerprint density at radius 1 is 0.568 bits per heavy atom. The monoisotopic (exact) mass is 596 g/mol. The molecule has 0 heterocycles. The van der Waals surface area contributed by atoms with Crippen LogP contribution in [0.2, 0.25) is 0 Å². The first-order valence-corrected chi connectivity index (χ1v) is 17.0. The van der Waals surface area contributed by atoms with Gasteiger partial charge in [0, 0.05) is 34.2 Å². The molecule has 2 aromatic carbocycles. The molecule has 1 aliphatic rings. The third-order valence-electron chi connectivity index (χ3n) is 8.67. The molecule has 0 saturated heterocycles. The number of hydrogen-bond donors (Lipinski definition) is 2. The fourth-order valence-electron chi connectivity index (χ4n) is 6.47. The van der Waals surface area contributed by atoms with Gasteiger partial charge in [-0.1, -0.05) is 105 Å². The highest BCUT2D eigenvalue weighted by atomic mass is 14.9. The van der Waals surface area contributed by atoms with E-state index in [2.05, 4.69) is 142 Å². The van der Waals surface area contributed by atoms with Gasteiger partial charge in [0.15, 0.2) is 0 Å². The lowest BCUT2D eigenvalue weighted by molar-refractivity contribution is 0.388. The minimum absolute atomic E-state index is 0.216. The van der Waals surface area contributed by atoms with Crippen LogP contribution >= 0.6 is 0 Å². The maximum Gasteiger partial charge on any atom is 0.0726 e. The normalized spacial score (nSPS) is 19.0. The molecule has 4 heteroatoms. The molecule has 0 aromatic heterocycles. The Bertz CT molecular complexity index is 1210. The average molecular weight is 597 g/mol. The second-order valence-electron chi connectivity index (χ2n) is 14.1. The Hall–Kier alpha value is -3.14. The lowest BCUT2D eigenvalue weighted by Gasteiger charge is -2.27. The zero-order valence-corrected chi connectivity index (χ0v) is 29.8. The van der Waals surface area contributed by atoms with Crippen molar-refractivity contribution in [3.8, 4) is 0 Å². The summed E-state index contributed by atoms with van der Waals surface area (Å²) in [6.07, 6.45) is 9.02. The molecular weight excluding hydrogens is 536 g/mol. The van der Waals surface area contributed by atoms with Crippen LogP contribution in [0.4, 0.5) is 11.4 Å². The van der Waals surface area contributed by atoms with Crippen molar-refractivity contribution in [2.24, 2.45) is 9.98 Å². The number of aliphatic imine (C=N–C) groups is 2. The van der Waals surface area contributed by atoms with Crippen molar-refractivity contribution in [2.45, 2.75) is 145 Å². The van der Waals surface area contributed by atoms with Gasteiger partial charge in [0.25, 0.3) is 0 Å². The number of allylic oxidation sites excluding steroid dienone is 4. The van der Waals surface area contributed by atoms with Crippen LogP contribution in [0.25, 0.3) is 0 Å². The van der Waals surface area contributed by atoms with Crippen LogP contribution < -0.4 is 10.6 Å². The van der Waals surface area contributed by atoms with Gasteiger partial charge in [-0.05, 0) is 98.6 Å². The van der Waals surface area contributed by atoms with Crippen LogP contribution in [-0.4, -0.2) is 23.5 Å². The predicted octanol–water partition coefficient (Wildman–Crippen LogP) is 11.7. The zero-order valence-electron chi connectivity index (χ0n) is 29.8. The zero-order chi connectivity index (χ0) is 32.6. The molecule has 0 spiro atoms. The Balaban J connectivity index is 1.81. The van der Waals surface area contributed by atoms with Crippen LogP contribution in [0.3, 0.4) is 0 Å². The number of nitrogens with one attached hydrogen (secondary N) is 2. The smallest absolute Gasteiger partial charge is 0.0726 e. The summed E-state index contributed by atoms with van der Waals surface area (Å²) in [4.78, 5) is 10.5. The Morgan fingerprint density at radius 2 is 0.864 bits per heavy atom. The predicted molar refractivity (Wildman–Crippen MR) is 196 cm³/mol. The van der Waals surface area contributed by atoms with Gasteiger partial charge in [0.1, 0.15) is 0 Å². The molecule has 2 atom stereocenters. The lowest BCUT2D eigenvalue weighted by atomic mass is 9.90.